The molecule has 3 aromatic heterocycles. The lowest BCUT2D eigenvalue weighted by atomic mass is 9.91. The van der Waals surface area contributed by atoms with Crippen molar-refractivity contribution < 1.29 is 20.4 Å². The largest absolute Gasteiger partial charge is 0.507 e. The Morgan fingerprint density at radius 2 is 0.844 bits per heavy atom. The molecule has 0 saturated carbocycles. The first-order chi connectivity index (χ1) is 30.6. The molecule has 0 radical (unpaired) electrons. The summed E-state index contributed by atoms with van der Waals surface area (Å²) < 4.78 is 1.94. The number of rotatable bonds is 8. The predicted molar refractivity (Wildman–Crippen MR) is 264 cm³/mol. The molecule has 9 rings (SSSR count). The zero-order valence-electron chi connectivity index (χ0n) is 37.0. The molecule has 7 aromatic rings. The molecule has 0 atom stereocenters. The van der Waals surface area contributed by atoms with E-state index >= 15 is 0 Å². The van der Waals surface area contributed by atoms with Crippen LogP contribution >= 0.6 is 0 Å². The zero-order valence-corrected chi connectivity index (χ0v) is 37.0. The molecule has 0 fully saturated rings. The summed E-state index contributed by atoms with van der Waals surface area (Å²) in [6, 6.07) is 31.8. The molecule has 8 bridgehead atoms. The normalized spacial score (nSPS) is 11.9. The van der Waals surface area contributed by atoms with Gasteiger partial charge in [-0.1, -0.05) is 0 Å². The van der Waals surface area contributed by atoms with Crippen LogP contribution in [-0.2, 0) is 0 Å². The van der Waals surface area contributed by atoms with Gasteiger partial charge in [-0.25, -0.2) is 9.97 Å². The van der Waals surface area contributed by atoms with Gasteiger partial charge in [0.1, 0.15) is 23.0 Å². The minimum Gasteiger partial charge on any atom is -0.507 e. The second kappa shape index (κ2) is 16.0. The van der Waals surface area contributed by atoms with Gasteiger partial charge in [0.25, 0.3) is 0 Å². The topological polar surface area (TPSA) is 140 Å². The predicted octanol–water partition coefficient (Wildman–Crippen LogP) is 10.2. The minimum atomic E-state index is -0.0361. The van der Waals surface area contributed by atoms with Gasteiger partial charge in [0.2, 0.25) is 0 Å². The summed E-state index contributed by atoms with van der Waals surface area (Å²) in [5.41, 5.74) is 11.6. The highest BCUT2D eigenvalue weighted by atomic mass is 16.3. The number of nitrogens with one attached hydrogen (secondary N) is 1. The molecule has 64 heavy (non-hydrogen) atoms. The van der Waals surface area contributed by atoms with E-state index in [-0.39, 0.29) is 23.0 Å². The van der Waals surface area contributed by atoms with Crippen molar-refractivity contribution >= 4 is 69.1 Å². The Bertz CT molecular complexity index is 3250. The van der Waals surface area contributed by atoms with Crippen LogP contribution in [0.4, 0.5) is 22.7 Å². The fourth-order valence-electron chi connectivity index (χ4n) is 8.35. The lowest BCUT2D eigenvalue weighted by Gasteiger charge is -2.19. The molecular formula is C52H50N8O4. The SMILES string of the molecule is CN(C)c1ccc(-c2c(-c3ccc(N(C)C)cc3O)c3c(-c4ccc(N(C)C)cc4O)c4nc(cc5ccc(cc6nc(cc2n3-c2ccc(N(C)C)cc2O)C=C6)[nH]5)C=C4)c(O)c1. The van der Waals surface area contributed by atoms with Crippen LogP contribution in [0.1, 0.15) is 22.8 Å². The molecule has 0 spiro atoms. The molecule has 2 aliphatic rings. The summed E-state index contributed by atoms with van der Waals surface area (Å²) in [6.07, 6.45) is 7.70. The molecule has 5 heterocycles. The molecule has 0 amide bonds. The number of fused-ring (bicyclic) bond motifs is 8. The van der Waals surface area contributed by atoms with Gasteiger partial charge in [0.15, 0.2) is 0 Å². The summed E-state index contributed by atoms with van der Waals surface area (Å²) in [5.74, 6) is -0.0880. The van der Waals surface area contributed by atoms with Gasteiger partial charge in [-0.05, 0) is 103 Å². The Morgan fingerprint density at radius 3 is 1.33 bits per heavy atom. The number of phenolic OH excluding ortho intramolecular Hbond substituents is 4. The minimum absolute atomic E-state index is 0.0110. The number of anilines is 4. The third-order valence-corrected chi connectivity index (χ3v) is 11.7. The van der Waals surface area contributed by atoms with E-state index in [1.807, 2.05) is 184 Å². The lowest BCUT2D eigenvalue weighted by Crippen LogP contribution is -2.09. The maximum atomic E-state index is 12.3. The number of aromatic hydroxyl groups is 4. The Hall–Kier alpha value is -8.12. The number of H-pyrrole nitrogens is 1. The first-order valence-corrected chi connectivity index (χ1v) is 20.8. The quantitative estimate of drug-likeness (QED) is 0.100. The van der Waals surface area contributed by atoms with Crippen LogP contribution in [0, 0.1) is 0 Å². The van der Waals surface area contributed by atoms with Crippen LogP contribution in [-0.4, -0.2) is 96.3 Å². The van der Waals surface area contributed by atoms with Crippen LogP contribution in [0.2, 0.25) is 0 Å². The van der Waals surface area contributed by atoms with Crippen molar-refractivity contribution in [2.45, 2.75) is 0 Å². The highest BCUT2D eigenvalue weighted by Crippen LogP contribution is 2.53. The van der Waals surface area contributed by atoms with Crippen LogP contribution in [0.15, 0.2) is 103 Å². The molecule has 5 N–H and O–H groups in total. The highest BCUT2D eigenvalue weighted by Gasteiger charge is 2.30. The molecule has 0 aliphatic carbocycles. The lowest BCUT2D eigenvalue weighted by molar-refractivity contribution is 0.473. The van der Waals surface area contributed by atoms with Crippen LogP contribution in [0.25, 0.3) is 85.4 Å². The van der Waals surface area contributed by atoms with Crippen molar-refractivity contribution in [2.75, 3.05) is 76.0 Å². The van der Waals surface area contributed by atoms with Gasteiger partial charge in [-0.3, -0.25) is 0 Å². The fourth-order valence-corrected chi connectivity index (χ4v) is 8.35. The van der Waals surface area contributed by atoms with E-state index < -0.39 is 0 Å². The first kappa shape index (κ1) is 41.2. The third-order valence-electron chi connectivity index (χ3n) is 11.7. The number of phenols is 4. The summed E-state index contributed by atoms with van der Waals surface area (Å²) in [5, 5.41) is 49.2. The average molecular weight is 851 g/mol. The molecule has 4 aromatic carbocycles. The van der Waals surface area contributed by atoms with E-state index in [9.17, 15) is 20.4 Å². The average Bonchev–Trinajstić information content (AvgIpc) is 4.06. The molecule has 0 unspecified atom stereocenters. The molecular weight excluding hydrogens is 801 g/mol. The van der Waals surface area contributed by atoms with Crippen molar-refractivity contribution in [2.24, 2.45) is 0 Å². The van der Waals surface area contributed by atoms with E-state index in [2.05, 4.69) is 4.98 Å². The molecule has 322 valence electrons. The van der Waals surface area contributed by atoms with Crippen molar-refractivity contribution in [1.82, 2.24) is 19.5 Å². The maximum absolute atomic E-state index is 12.3. The summed E-state index contributed by atoms with van der Waals surface area (Å²) in [7, 11) is 15.3. The van der Waals surface area contributed by atoms with Crippen molar-refractivity contribution in [1.29, 1.82) is 0 Å². The Kier molecular flexibility index (Phi) is 10.3. The van der Waals surface area contributed by atoms with E-state index in [0.29, 0.717) is 72.9 Å². The van der Waals surface area contributed by atoms with Gasteiger partial charge in [-0.15, -0.1) is 0 Å². The molecule has 12 nitrogen and oxygen atoms in total. The van der Waals surface area contributed by atoms with Crippen LogP contribution in [0.5, 0.6) is 23.0 Å². The van der Waals surface area contributed by atoms with Crippen molar-refractivity contribution in [3.63, 3.8) is 0 Å². The Balaban J connectivity index is 1.63. The Labute approximate surface area is 371 Å². The van der Waals surface area contributed by atoms with Gasteiger partial charge >= 0.3 is 0 Å². The van der Waals surface area contributed by atoms with Crippen LogP contribution < -0.4 is 19.6 Å². The summed E-state index contributed by atoms with van der Waals surface area (Å²) in [6.45, 7) is 0. The van der Waals surface area contributed by atoms with E-state index in [4.69, 9.17) is 9.97 Å². The molecule has 12 heteroatoms. The molecule has 0 saturated heterocycles. The number of benzene rings is 4. The van der Waals surface area contributed by atoms with E-state index in [0.717, 1.165) is 33.8 Å². The third kappa shape index (κ3) is 7.38. The van der Waals surface area contributed by atoms with Crippen molar-refractivity contribution in [3.05, 3.63) is 126 Å². The summed E-state index contributed by atoms with van der Waals surface area (Å²) in [4.78, 5) is 21.4. The monoisotopic (exact) mass is 850 g/mol. The number of aromatic nitrogens is 4. The number of nitrogens with zero attached hydrogens (tertiary/aromatic N) is 7. The van der Waals surface area contributed by atoms with Gasteiger partial charge < -0.3 is 49.6 Å². The van der Waals surface area contributed by atoms with Gasteiger partial charge in [0.05, 0.1) is 39.5 Å². The van der Waals surface area contributed by atoms with Crippen LogP contribution in [0.3, 0.4) is 0 Å². The maximum Gasteiger partial charge on any atom is 0.141 e. The van der Waals surface area contributed by atoms with E-state index in [1.165, 1.54) is 0 Å². The Morgan fingerprint density at radius 1 is 0.422 bits per heavy atom. The fraction of sp³-hybridized carbons (Fsp3) is 0.154. The molecule has 2 aliphatic heterocycles. The number of aromatic amines is 1. The smallest absolute Gasteiger partial charge is 0.141 e. The second-order valence-electron chi connectivity index (χ2n) is 16.9. The number of hydrogen-bond donors (Lipinski definition) is 5. The second-order valence-corrected chi connectivity index (χ2v) is 16.9. The zero-order chi connectivity index (χ0) is 45.1. The van der Waals surface area contributed by atoms with Gasteiger partial charge in [0, 0.05) is 148 Å². The van der Waals surface area contributed by atoms with Crippen molar-refractivity contribution in [3.8, 4) is 62.1 Å². The first-order valence-electron chi connectivity index (χ1n) is 20.8. The standard InChI is InChI=1S/C52H50N8O4/c1-56(2)35-14-18-39(45(61)26-35)49-42-21-13-33(55-42)24-32-10-9-30(53-32)23-31-11-12-34(54-31)25-44-50(40-19-15-36(57(3)4)27-46(40)62)51(41-20-16-37(58(5)6)28-47(41)63)52(49)60(44)43-22-17-38(59(7)8)29-48(43)64/h9-29,53,61-64H,1-8H3. The summed E-state index contributed by atoms with van der Waals surface area (Å²) >= 11 is 0. The van der Waals surface area contributed by atoms with E-state index in [1.54, 1.807) is 24.3 Å². The van der Waals surface area contributed by atoms with Gasteiger partial charge in [-0.2, -0.15) is 0 Å². The number of hydrogen-bond acceptors (Lipinski definition) is 10. The highest BCUT2D eigenvalue weighted by molar-refractivity contribution is 6.13.